The van der Waals surface area contributed by atoms with Crippen molar-refractivity contribution in [1.29, 1.82) is 0 Å². The summed E-state index contributed by atoms with van der Waals surface area (Å²) in [6.07, 6.45) is 3.34. The molecule has 4 rings (SSSR count). The minimum absolute atomic E-state index is 0.161. The molecule has 0 atom stereocenters. The number of amides is 3. The van der Waals surface area contributed by atoms with E-state index in [4.69, 9.17) is 0 Å². The summed E-state index contributed by atoms with van der Waals surface area (Å²) in [7, 11) is 0. The van der Waals surface area contributed by atoms with Gasteiger partial charge >= 0.3 is 12.0 Å². The summed E-state index contributed by atoms with van der Waals surface area (Å²) in [4.78, 5) is 37.4. The van der Waals surface area contributed by atoms with Crippen LogP contribution in [0.15, 0.2) is 78.6 Å². The Morgan fingerprint density at radius 3 is 2.55 bits per heavy atom. The third kappa shape index (κ3) is 3.66. The molecule has 1 aliphatic heterocycles. The number of carboxylic acids is 1. The number of aromatic nitrogens is 1. The molecule has 144 valence electrons. The Kier molecular flexibility index (Phi) is 4.70. The maximum atomic E-state index is 12.7. The highest BCUT2D eigenvalue weighted by molar-refractivity contribution is 6.13. The van der Waals surface area contributed by atoms with E-state index in [0.29, 0.717) is 11.4 Å². The number of carbonyl (C=O) groups excluding carboxylic acids is 2. The number of urea groups is 1. The van der Waals surface area contributed by atoms with Gasteiger partial charge in [0, 0.05) is 17.6 Å². The highest BCUT2D eigenvalue weighted by Gasteiger charge is 2.33. The van der Waals surface area contributed by atoms with E-state index in [1.165, 1.54) is 6.07 Å². The monoisotopic (exact) mass is 387 g/mol. The van der Waals surface area contributed by atoms with E-state index in [0.717, 1.165) is 10.5 Å². The highest BCUT2D eigenvalue weighted by Crippen LogP contribution is 2.20. The number of hydrogen-bond acceptors (Lipinski definition) is 3. The summed E-state index contributed by atoms with van der Waals surface area (Å²) in [5.41, 5.74) is 2.46. The molecule has 29 heavy (non-hydrogen) atoms. The molecule has 7 heteroatoms. The molecule has 2 aromatic carbocycles. The molecule has 0 radical (unpaired) electrons. The Hall–Kier alpha value is -4.13. The van der Waals surface area contributed by atoms with Crippen LogP contribution in [-0.2, 0) is 11.3 Å². The predicted octanol–water partition coefficient (Wildman–Crippen LogP) is 3.27. The molecule has 0 aliphatic carbocycles. The zero-order valence-electron chi connectivity index (χ0n) is 15.3. The molecule has 0 spiro atoms. The van der Waals surface area contributed by atoms with Crippen LogP contribution >= 0.6 is 0 Å². The summed E-state index contributed by atoms with van der Waals surface area (Å²) >= 11 is 0. The van der Waals surface area contributed by atoms with Gasteiger partial charge in [0.05, 0.1) is 12.1 Å². The van der Waals surface area contributed by atoms with E-state index in [1.54, 1.807) is 47.2 Å². The van der Waals surface area contributed by atoms with Crippen LogP contribution in [0, 0.1) is 0 Å². The number of hydrogen-bond donors (Lipinski definition) is 2. The number of imide groups is 1. The summed E-state index contributed by atoms with van der Waals surface area (Å²) in [5, 5.41) is 11.8. The molecule has 2 heterocycles. The first-order valence-corrected chi connectivity index (χ1v) is 8.92. The van der Waals surface area contributed by atoms with E-state index in [1.807, 2.05) is 30.3 Å². The standard InChI is InChI=1S/C22H17N3O4/c26-20-19(23-22(29)25(20)14-15-6-2-1-3-7-15)13-18-10-5-11-24(18)17-9-4-8-16(12-17)21(27)28/h1-13H,14H2,(H,23,29)(H,27,28)/b19-13-. The van der Waals surface area contributed by atoms with Crippen LogP contribution in [0.2, 0.25) is 0 Å². The van der Waals surface area contributed by atoms with Gasteiger partial charge in [0.2, 0.25) is 0 Å². The Balaban J connectivity index is 1.62. The van der Waals surface area contributed by atoms with Gasteiger partial charge in [-0.1, -0.05) is 36.4 Å². The number of aromatic carboxylic acids is 1. The van der Waals surface area contributed by atoms with Crippen molar-refractivity contribution in [3.05, 3.63) is 95.4 Å². The van der Waals surface area contributed by atoms with Crippen LogP contribution in [0.3, 0.4) is 0 Å². The maximum absolute atomic E-state index is 12.7. The second kappa shape index (κ2) is 7.47. The molecule has 2 N–H and O–H groups in total. The lowest BCUT2D eigenvalue weighted by atomic mass is 10.2. The second-order valence-corrected chi connectivity index (χ2v) is 6.52. The van der Waals surface area contributed by atoms with Crippen molar-refractivity contribution >= 4 is 24.0 Å². The average molecular weight is 387 g/mol. The molecule has 1 aromatic heterocycles. The van der Waals surface area contributed by atoms with Crippen LogP contribution < -0.4 is 5.32 Å². The smallest absolute Gasteiger partial charge is 0.335 e. The Labute approximate surface area is 166 Å². The summed E-state index contributed by atoms with van der Waals surface area (Å²) in [6.45, 7) is 0.185. The average Bonchev–Trinajstić information content (AvgIpc) is 3.29. The second-order valence-electron chi connectivity index (χ2n) is 6.52. The van der Waals surface area contributed by atoms with Crippen LogP contribution in [-0.4, -0.2) is 32.5 Å². The first-order chi connectivity index (χ1) is 14.0. The van der Waals surface area contributed by atoms with Crippen molar-refractivity contribution in [2.24, 2.45) is 0 Å². The fourth-order valence-electron chi connectivity index (χ4n) is 3.16. The third-order valence-corrected chi connectivity index (χ3v) is 4.59. The molecule has 0 bridgehead atoms. The first kappa shape index (κ1) is 18.2. The molecule has 0 unspecified atom stereocenters. The lowest BCUT2D eigenvalue weighted by Crippen LogP contribution is -2.30. The molecule has 1 saturated heterocycles. The van der Waals surface area contributed by atoms with Crippen molar-refractivity contribution in [1.82, 2.24) is 14.8 Å². The molecule has 3 amide bonds. The highest BCUT2D eigenvalue weighted by atomic mass is 16.4. The normalized spacial score (nSPS) is 15.0. The molecular formula is C22H17N3O4. The summed E-state index contributed by atoms with van der Waals surface area (Å²) < 4.78 is 1.75. The van der Waals surface area contributed by atoms with Crippen molar-refractivity contribution in [2.45, 2.75) is 6.54 Å². The van der Waals surface area contributed by atoms with Gasteiger partial charge in [0.25, 0.3) is 5.91 Å². The first-order valence-electron chi connectivity index (χ1n) is 8.92. The zero-order valence-corrected chi connectivity index (χ0v) is 15.3. The topological polar surface area (TPSA) is 91.6 Å². The van der Waals surface area contributed by atoms with E-state index in [2.05, 4.69) is 5.32 Å². The Morgan fingerprint density at radius 1 is 1.00 bits per heavy atom. The summed E-state index contributed by atoms with van der Waals surface area (Å²) in [5.74, 6) is -1.43. The Morgan fingerprint density at radius 2 is 1.79 bits per heavy atom. The quantitative estimate of drug-likeness (QED) is 0.519. The van der Waals surface area contributed by atoms with Gasteiger partial charge in [-0.25, -0.2) is 9.59 Å². The minimum atomic E-state index is -1.02. The van der Waals surface area contributed by atoms with Crippen LogP contribution in [0.1, 0.15) is 21.6 Å². The molecule has 0 saturated carbocycles. The fraction of sp³-hybridized carbons (Fsp3) is 0.0455. The van der Waals surface area contributed by atoms with E-state index < -0.39 is 17.9 Å². The largest absolute Gasteiger partial charge is 0.478 e. The number of carbonyl (C=O) groups is 3. The molecule has 3 aromatic rings. The van der Waals surface area contributed by atoms with Crippen molar-refractivity contribution in [3.8, 4) is 5.69 Å². The number of nitrogens with zero attached hydrogens (tertiary/aromatic N) is 2. The van der Waals surface area contributed by atoms with Gasteiger partial charge < -0.3 is 15.0 Å². The number of rotatable bonds is 5. The SMILES string of the molecule is O=C(O)c1cccc(-n2cccc2/C=C2\NC(=O)N(Cc3ccccc3)C2=O)c1. The lowest BCUT2D eigenvalue weighted by molar-refractivity contribution is -0.123. The molecule has 7 nitrogen and oxygen atoms in total. The van der Waals surface area contributed by atoms with Crippen molar-refractivity contribution in [2.75, 3.05) is 0 Å². The van der Waals surface area contributed by atoms with Gasteiger partial charge in [-0.2, -0.15) is 0 Å². The summed E-state index contributed by atoms with van der Waals surface area (Å²) in [6, 6.07) is 18.8. The third-order valence-electron chi connectivity index (χ3n) is 4.59. The van der Waals surface area contributed by atoms with E-state index in [9.17, 15) is 19.5 Å². The molecule has 1 fully saturated rings. The maximum Gasteiger partial charge on any atom is 0.335 e. The van der Waals surface area contributed by atoms with Crippen molar-refractivity contribution < 1.29 is 19.5 Å². The fourth-order valence-corrected chi connectivity index (χ4v) is 3.16. The van der Waals surface area contributed by atoms with Gasteiger partial charge in [-0.3, -0.25) is 9.69 Å². The molecular weight excluding hydrogens is 370 g/mol. The number of nitrogens with one attached hydrogen (secondary N) is 1. The van der Waals surface area contributed by atoms with Gasteiger partial charge in [0.1, 0.15) is 5.70 Å². The van der Waals surface area contributed by atoms with Gasteiger partial charge in [-0.05, 0) is 42.0 Å². The predicted molar refractivity (Wildman–Crippen MR) is 106 cm³/mol. The minimum Gasteiger partial charge on any atom is -0.478 e. The zero-order chi connectivity index (χ0) is 20.4. The van der Waals surface area contributed by atoms with Crippen molar-refractivity contribution in [3.63, 3.8) is 0 Å². The van der Waals surface area contributed by atoms with Crippen LogP contribution in [0.25, 0.3) is 11.8 Å². The lowest BCUT2D eigenvalue weighted by Gasteiger charge is -2.11. The molecule has 1 aliphatic rings. The van der Waals surface area contributed by atoms with Gasteiger partial charge in [-0.15, -0.1) is 0 Å². The van der Waals surface area contributed by atoms with E-state index >= 15 is 0 Å². The Bertz CT molecular complexity index is 1130. The van der Waals surface area contributed by atoms with Crippen LogP contribution in [0.5, 0.6) is 0 Å². The van der Waals surface area contributed by atoms with Gasteiger partial charge in [0.15, 0.2) is 0 Å². The van der Waals surface area contributed by atoms with E-state index in [-0.39, 0.29) is 17.8 Å². The van der Waals surface area contributed by atoms with Crippen LogP contribution in [0.4, 0.5) is 4.79 Å². The number of carboxylic acid groups (broad SMARTS) is 1. The number of benzene rings is 2.